The standard InChI is InChI=1S/C25H30ClNO3/c1-3-17-6-5-7-23(26)22(17)16-30-21-11-9-18-14-20(10-8-19(18)15-21)27-25(12-13-25)24(28)29-4-2/h5-7,9,11,15,20,27H,3-4,8,10,12-14,16H2,1-2H3. The van der Waals surface area contributed by atoms with Gasteiger partial charge in [-0.25, -0.2) is 0 Å². The lowest BCUT2D eigenvalue weighted by Gasteiger charge is -2.29. The van der Waals surface area contributed by atoms with Gasteiger partial charge in [-0.05, 0) is 80.3 Å². The van der Waals surface area contributed by atoms with E-state index in [1.165, 1.54) is 16.7 Å². The van der Waals surface area contributed by atoms with Crippen molar-refractivity contribution in [2.75, 3.05) is 6.61 Å². The Hall–Kier alpha value is -2.04. The van der Waals surface area contributed by atoms with Crippen LogP contribution in [0, 0.1) is 0 Å². The van der Waals surface area contributed by atoms with E-state index in [-0.39, 0.29) is 5.97 Å². The number of carbonyl (C=O) groups is 1. The second-order valence-corrected chi connectivity index (χ2v) is 8.74. The topological polar surface area (TPSA) is 47.6 Å². The van der Waals surface area contributed by atoms with Gasteiger partial charge in [-0.15, -0.1) is 0 Å². The third-order valence-electron chi connectivity index (χ3n) is 6.28. The minimum atomic E-state index is -0.437. The molecule has 4 nitrogen and oxygen atoms in total. The Balaban J connectivity index is 1.39. The van der Waals surface area contributed by atoms with Gasteiger partial charge in [-0.2, -0.15) is 0 Å². The molecule has 0 aliphatic heterocycles. The number of ether oxygens (including phenoxy) is 2. The largest absolute Gasteiger partial charge is 0.489 e. The molecule has 0 saturated heterocycles. The number of carbonyl (C=O) groups excluding carboxylic acids is 1. The highest BCUT2D eigenvalue weighted by Gasteiger charge is 2.52. The molecule has 4 rings (SSSR count). The maximum Gasteiger partial charge on any atom is 0.326 e. The molecular formula is C25H30ClNO3. The van der Waals surface area contributed by atoms with Crippen LogP contribution in [0.1, 0.15) is 55.4 Å². The highest BCUT2D eigenvalue weighted by atomic mass is 35.5. The van der Waals surface area contributed by atoms with Gasteiger partial charge in [0.2, 0.25) is 0 Å². The summed E-state index contributed by atoms with van der Waals surface area (Å²) in [6.45, 7) is 4.91. The third kappa shape index (κ3) is 4.50. The van der Waals surface area contributed by atoms with Gasteiger partial charge >= 0.3 is 5.97 Å². The van der Waals surface area contributed by atoms with Crippen molar-refractivity contribution in [1.82, 2.24) is 5.32 Å². The second kappa shape index (κ2) is 8.99. The molecule has 0 radical (unpaired) electrons. The minimum Gasteiger partial charge on any atom is -0.489 e. The van der Waals surface area contributed by atoms with Crippen LogP contribution >= 0.6 is 11.6 Å². The lowest BCUT2D eigenvalue weighted by Crippen LogP contribution is -2.48. The lowest BCUT2D eigenvalue weighted by molar-refractivity contribution is -0.147. The van der Waals surface area contributed by atoms with Gasteiger partial charge in [0.15, 0.2) is 0 Å². The number of rotatable bonds is 8. The molecule has 5 heteroatoms. The molecule has 0 heterocycles. The summed E-state index contributed by atoms with van der Waals surface area (Å²) in [5.41, 5.74) is 4.52. The van der Waals surface area contributed by atoms with Gasteiger partial charge in [0.1, 0.15) is 17.9 Å². The molecule has 1 N–H and O–H groups in total. The van der Waals surface area contributed by atoms with Gasteiger partial charge in [0, 0.05) is 16.6 Å². The van der Waals surface area contributed by atoms with Crippen molar-refractivity contribution < 1.29 is 14.3 Å². The summed E-state index contributed by atoms with van der Waals surface area (Å²) < 4.78 is 11.4. The maximum absolute atomic E-state index is 12.2. The number of hydrogen-bond acceptors (Lipinski definition) is 4. The number of hydrogen-bond donors (Lipinski definition) is 1. The van der Waals surface area contributed by atoms with Crippen LogP contribution in [0.25, 0.3) is 0 Å². The van der Waals surface area contributed by atoms with Gasteiger partial charge < -0.3 is 9.47 Å². The fourth-order valence-corrected chi connectivity index (χ4v) is 4.64. The van der Waals surface area contributed by atoms with Crippen molar-refractivity contribution in [3.63, 3.8) is 0 Å². The Labute approximate surface area is 183 Å². The summed E-state index contributed by atoms with van der Waals surface area (Å²) in [6.07, 6.45) is 5.62. The zero-order chi connectivity index (χ0) is 21.1. The Morgan fingerprint density at radius 1 is 1.20 bits per heavy atom. The van der Waals surface area contributed by atoms with E-state index in [1.807, 2.05) is 25.1 Å². The first kappa shape index (κ1) is 21.2. The average Bonchev–Trinajstić information content (AvgIpc) is 3.53. The van der Waals surface area contributed by atoms with Crippen LogP contribution in [-0.4, -0.2) is 24.2 Å². The number of esters is 1. The molecule has 0 aromatic heterocycles. The molecule has 30 heavy (non-hydrogen) atoms. The zero-order valence-electron chi connectivity index (χ0n) is 17.8. The SMILES string of the molecule is CCOC(=O)C1(NC2CCc3cc(OCc4c(Cl)cccc4CC)ccc3C2)CC1. The predicted octanol–water partition coefficient (Wildman–Crippen LogP) is 5.02. The number of fused-ring (bicyclic) bond motifs is 1. The average molecular weight is 428 g/mol. The van der Waals surface area contributed by atoms with E-state index < -0.39 is 5.54 Å². The number of aryl methyl sites for hydroxylation is 2. The molecule has 2 aromatic carbocycles. The summed E-state index contributed by atoms with van der Waals surface area (Å²) >= 11 is 6.39. The second-order valence-electron chi connectivity index (χ2n) is 8.34. The molecule has 0 bridgehead atoms. The number of benzene rings is 2. The van der Waals surface area contributed by atoms with Crippen LogP contribution in [0.15, 0.2) is 36.4 Å². The van der Waals surface area contributed by atoms with Gasteiger partial charge in [-0.3, -0.25) is 10.1 Å². The summed E-state index contributed by atoms with van der Waals surface area (Å²) in [7, 11) is 0. The smallest absolute Gasteiger partial charge is 0.326 e. The molecule has 1 unspecified atom stereocenters. The fraction of sp³-hybridized carbons (Fsp3) is 0.480. The summed E-state index contributed by atoms with van der Waals surface area (Å²) in [4.78, 5) is 12.2. The van der Waals surface area contributed by atoms with Crippen LogP contribution in [0.5, 0.6) is 5.75 Å². The van der Waals surface area contributed by atoms with Crippen molar-refractivity contribution in [2.45, 2.75) is 70.6 Å². The molecule has 2 aliphatic carbocycles. The molecular weight excluding hydrogens is 398 g/mol. The van der Waals surface area contributed by atoms with E-state index in [0.29, 0.717) is 19.3 Å². The van der Waals surface area contributed by atoms with E-state index in [2.05, 4.69) is 30.4 Å². The molecule has 1 fully saturated rings. The Morgan fingerprint density at radius 2 is 2.03 bits per heavy atom. The van der Waals surface area contributed by atoms with Gasteiger partial charge in [-0.1, -0.05) is 36.7 Å². The summed E-state index contributed by atoms with van der Waals surface area (Å²) in [5, 5.41) is 4.35. The quantitative estimate of drug-likeness (QED) is 0.600. The maximum atomic E-state index is 12.2. The van der Waals surface area contributed by atoms with Crippen molar-refractivity contribution in [3.8, 4) is 5.75 Å². The molecule has 1 atom stereocenters. The molecule has 160 valence electrons. The molecule has 2 aromatic rings. The highest BCUT2D eigenvalue weighted by Crippen LogP contribution is 2.38. The van der Waals surface area contributed by atoms with Gasteiger partial charge in [0.05, 0.1) is 6.61 Å². The first-order chi connectivity index (χ1) is 14.5. The monoisotopic (exact) mass is 427 g/mol. The Kier molecular flexibility index (Phi) is 6.35. The lowest BCUT2D eigenvalue weighted by atomic mass is 9.87. The predicted molar refractivity (Wildman–Crippen MR) is 119 cm³/mol. The van der Waals surface area contributed by atoms with Crippen LogP contribution in [0.3, 0.4) is 0 Å². The van der Waals surface area contributed by atoms with Crippen LogP contribution in [0.2, 0.25) is 5.02 Å². The molecule has 2 aliphatic rings. The van der Waals surface area contributed by atoms with Gasteiger partial charge in [0.25, 0.3) is 0 Å². The molecule has 1 saturated carbocycles. The molecule has 0 amide bonds. The highest BCUT2D eigenvalue weighted by molar-refractivity contribution is 6.31. The molecule has 0 spiro atoms. The summed E-state index contributed by atoms with van der Waals surface area (Å²) in [6, 6.07) is 12.7. The van der Waals surface area contributed by atoms with Crippen molar-refractivity contribution in [3.05, 3.63) is 63.7 Å². The Bertz CT molecular complexity index is 923. The minimum absolute atomic E-state index is 0.0921. The summed E-state index contributed by atoms with van der Waals surface area (Å²) in [5.74, 6) is 0.790. The fourth-order valence-electron chi connectivity index (χ4n) is 4.39. The third-order valence-corrected chi connectivity index (χ3v) is 6.64. The first-order valence-electron chi connectivity index (χ1n) is 11.0. The van der Waals surface area contributed by atoms with Crippen molar-refractivity contribution in [2.24, 2.45) is 0 Å². The van der Waals surface area contributed by atoms with Crippen LogP contribution in [-0.2, 0) is 35.4 Å². The van der Waals surface area contributed by atoms with E-state index >= 15 is 0 Å². The Morgan fingerprint density at radius 3 is 2.77 bits per heavy atom. The number of halogens is 1. The zero-order valence-corrected chi connectivity index (χ0v) is 18.6. The van der Waals surface area contributed by atoms with Crippen LogP contribution in [0.4, 0.5) is 0 Å². The van der Waals surface area contributed by atoms with E-state index in [4.69, 9.17) is 21.1 Å². The first-order valence-corrected chi connectivity index (χ1v) is 11.4. The van der Waals surface area contributed by atoms with Crippen LogP contribution < -0.4 is 10.1 Å². The van der Waals surface area contributed by atoms with E-state index in [9.17, 15) is 4.79 Å². The number of nitrogens with one attached hydrogen (secondary N) is 1. The normalized spacial score (nSPS) is 19.1. The van der Waals surface area contributed by atoms with E-state index in [0.717, 1.165) is 54.9 Å². The van der Waals surface area contributed by atoms with E-state index in [1.54, 1.807) is 0 Å². The van der Waals surface area contributed by atoms with Crippen molar-refractivity contribution in [1.29, 1.82) is 0 Å². The van der Waals surface area contributed by atoms with Crippen molar-refractivity contribution >= 4 is 17.6 Å².